The fourth-order valence-corrected chi connectivity index (χ4v) is 3.73. The Morgan fingerprint density at radius 3 is 1.93 bits per heavy atom. The molecule has 0 aliphatic carbocycles. The van der Waals surface area contributed by atoms with E-state index >= 15 is 0 Å². The Bertz CT molecular complexity index is 801. The quantitative estimate of drug-likeness (QED) is 0.596. The van der Waals surface area contributed by atoms with E-state index in [1.54, 1.807) is 0 Å². The Balaban J connectivity index is 2.36. The largest absolute Gasteiger partial charge is 0.491 e. The van der Waals surface area contributed by atoms with Crippen LogP contribution in [0.5, 0.6) is 5.75 Å². The monoisotopic (exact) mass is 383 g/mol. The summed E-state index contributed by atoms with van der Waals surface area (Å²) in [6, 6.07) is 12.9. The van der Waals surface area contributed by atoms with Crippen LogP contribution in [0, 0.1) is 19.3 Å². The molecule has 0 aliphatic rings. The number of nitrogens with two attached hydrogens (primary N) is 1. The van der Waals surface area contributed by atoms with Crippen molar-refractivity contribution in [3.8, 4) is 5.75 Å². The Morgan fingerprint density at radius 2 is 1.46 bits per heavy atom. The highest BCUT2D eigenvalue weighted by Crippen LogP contribution is 2.41. The molecule has 2 aromatic rings. The van der Waals surface area contributed by atoms with Crippen molar-refractivity contribution < 1.29 is 9.84 Å². The second-order valence-corrected chi connectivity index (χ2v) is 9.03. The Morgan fingerprint density at radius 1 is 0.929 bits per heavy atom. The third-order valence-corrected chi connectivity index (χ3v) is 6.15. The number of hydrogen-bond donors (Lipinski definition) is 2. The maximum atomic E-state index is 10.3. The molecule has 0 aromatic heterocycles. The number of benzene rings is 2. The highest BCUT2D eigenvalue weighted by molar-refractivity contribution is 5.52. The lowest BCUT2D eigenvalue weighted by atomic mass is 9.70. The van der Waals surface area contributed by atoms with Crippen molar-refractivity contribution in [2.24, 2.45) is 5.41 Å². The molecule has 3 N–H and O–H groups in total. The molecule has 3 nitrogen and oxygen atoms in total. The van der Waals surface area contributed by atoms with E-state index in [-0.39, 0.29) is 10.8 Å². The van der Waals surface area contributed by atoms with Crippen molar-refractivity contribution in [1.82, 2.24) is 0 Å². The van der Waals surface area contributed by atoms with Gasteiger partial charge in [-0.2, -0.15) is 0 Å². The summed E-state index contributed by atoms with van der Waals surface area (Å²) in [5, 5.41) is 10.3. The number of anilines is 1. The molecule has 0 amide bonds. The minimum absolute atomic E-state index is 0.0489. The molecule has 0 saturated carbocycles. The van der Waals surface area contributed by atoms with Crippen LogP contribution in [-0.4, -0.2) is 17.8 Å². The van der Waals surface area contributed by atoms with Crippen molar-refractivity contribution >= 4 is 5.69 Å². The lowest BCUT2D eigenvalue weighted by Gasteiger charge is -2.34. The summed E-state index contributed by atoms with van der Waals surface area (Å²) >= 11 is 0. The van der Waals surface area contributed by atoms with Gasteiger partial charge >= 0.3 is 0 Å². The maximum Gasteiger partial charge on any atom is 0.122 e. The lowest BCUT2D eigenvalue weighted by molar-refractivity contribution is 0.0216. The van der Waals surface area contributed by atoms with Crippen molar-refractivity contribution in [3.63, 3.8) is 0 Å². The van der Waals surface area contributed by atoms with Crippen molar-refractivity contribution in [1.29, 1.82) is 0 Å². The van der Waals surface area contributed by atoms with Gasteiger partial charge in [-0.15, -0.1) is 0 Å². The van der Waals surface area contributed by atoms with E-state index in [1.165, 1.54) is 11.1 Å². The lowest BCUT2D eigenvalue weighted by Crippen LogP contribution is -2.32. The second kappa shape index (κ2) is 8.57. The summed E-state index contributed by atoms with van der Waals surface area (Å²) in [6.45, 7) is 15.0. The summed E-state index contributed by atoms with van der Waals surface area (Å²) in [4.78, 5) is 0. The van der Waals surface area contributed by atoms with Crippen LogP contribution in [0.2, 0.25) is 0 Å². The molecule has 0 aliphatic heterocycles. The zero-order chi connectivity index (χ0) is 21.1. The van der Waals surface area contributed by atoms with E-state index in [4.69, 9.17) is 10.5 Å². The SMILES string of the molecule is CCC(CC)(c1ccc(N)c(C)c1)c1ccc(OCC(O)C(C)(C)C)c(C)c1. The summed E-state index contributed by atoms with van der Waals surface area (Å²) in [5.74, 6) is 0.835. The van der Waals surface area contributed by atoms with Crippen LogP contribution in [0.15, 0.2) is 36.4 Å². The zero-order valence-electron chi connectivity index (χ0n) is 18.6. The van der Waals surface area contributed by atoms with Crippen molar-refractivity contribution in [2.45, 2.75) is 72.8 Å². The van der Waals surface area contributed by atoms with Crippen LogP contribution in [0.1, 0.15) is 69.7 Å². The van der Waals surface area contributed by atoms with Crippen LogP contribution in [0.3, 0.4) is 0 Å². The molecule has 1 unspecified atom stereocenters. The van der Waals surface area contributed by atoms with Crippen molar-refractivity contribution in [2.75, 3.05) is 12.3 Å². The molecule has 0 heterocycles. The topological polar surface area (TPSA) is 55.5 Å². The van der Waals surface area contributed by atoms with Gasteiger partial charge in [0.25, 0.3) is 0 Å². The van der Waals surface area contributed by atoms with Gasteiger partial charge in [-0.05, 0) is 66.5 Å². The van der Waals surface area contributed by atoms with E-state index in [0.717, 1.165) is 35.4 Å². The van der Waals surface area contributed by atoms with E-state index in [9.17, 15) is 5.11 Å². The zero-order valence-corrected chi connectivity index (χ0v) is 18.6. The molecule has 2 aromatic carbocycles. The minimum atomic E-state index is -0.505. The molecule has 3 heteroatoms. The van der Waals surface area contributed by atoms with Crippen molar-refractivity contribution in [3.05, 3.63) is 58.7 Å². The number of aryl methyl sites for hydroxylation is 2. The highest BCUT2D eigenvalue weighted by Gasteiger charge is 2.31. The highest BCUT2D eigenvalue weighted by atomic mass is 16.5. The van der Waals surface area contributed by atoms with Gasteiger partial charge in [0.1, 0.15) is 12.4 Å². The standard InChI is InChI=1S/C25H37NO2/c1-8-25(9-2,19-10-12-21(26)17(3)14-19)20-11-13-22(18(4)15-20)28-16-23(27)24(5,6)7/h10-15,23,27H,8-9,16,26H2,1-7H3. The number of nitrogen functional groups attached to an aromatic ring is 1. The van der Waals surface area contributed by atoms with Crippen LogP contribution in [-0.2, 0) is 5.41 Å². The summed E-state index contributed by atoms with van der Waals surface area (Å²) in [5.41, 5.74) is 11.5. The third-order valence-electron chi connectivity index (χ3n) is 6.15. The Labute approximate surface area is 170 Å². The normalized spacial score (nSPS) is 13.4. The van der Waals surface area contributed by atoms with Crippen LogP contribution < -0.4 is 10.5 Å². The third kappa shape index (κ3) is 4.52. The molecular formula is C25H37NO2. The molecular weight excluding hydrogens is 346 g/mol. The minimum Gasteiger partial charge on any atom is -0.491 e. The first-order chi connectivity index (χ1) is 13.0. The first kappa shape index (κ1) is 22.3. The van der Waals surface area contributed by atoms with E-state index in [2.05, 4.69) is 52.0 Å². The molecule has 0 saturated heterocycles. The molecule has 0 bridgehead atoms. The van der Waals surface area contributed by atoms with Gasteiger partial charge in [0.05, 0.1) is 6.10 Å². The van der Waals surface area contributed by atoms with E-state index < -0.39 is 6.10 Å². The van der Waals surface area contributed by atoms with Crippen LogP contribution >= 0.6 is 0 Å². The van der Waals surface area contributed by atoms with Gasteiger partial charge < -0.3 is 15.6 Å². The molecule has 154 valence electrons. The summed E-state index contributed by atoms with van der Waals surface area (Å²) in [6.07, 6.45) is 1.51. The Hall–Kier alpha value is -2.00. The molecule has 1 atom stereocenters. The number of hydrogen-bond acceptors (Lipinski definition) is 3. The first-order valence-electron chi connectivity index (χ1n) is 10.3. The smallest absolute Gasteiger partial charge is 0.122 e. The molecule has 2 rings (SSSR count). The van der Waals surface area contributed by atoms with E-state index in [1.807, 2.05) is 32.9 Å². The summed E-state index contributed by atoms with van der Waals surface area (Å²) < 4.78 is 5.93. The second-order valence-electron chi connectivity index (χ2n) is 9.03. The van der Waals surface area contributed by atoms with Gasteiger partial charge in [0.15, 0.2) is 0 Å². The molecule has 0 radical (unpaired) electrons. The average molecular weight is 384 g/mol. The van der Waals surface area contributed by atoms with Gasteiger partial charge in [-0.25, -0.2) is 0 Å². The average Bonchev–Trinajstić information content (AvgIpc) is 2.64. The number of aliphatic hydroxyl groups excluding tert-OH is 1. The number of rotatable bonds is 7. The summed E-state index contributed by atoms with van der Waals surface area (Å²) in [7, 11) is 0. The fraction of sp³-hybridized carbons (Fsp3) is 0.520. The van der Waals surface area contributed by atoms with Crippen LogP contribution in [0.25, 0.3) is 0 Å². The fourth-order valence-electron chi connectivity index (χ4n) is 3.73. The predicted octanol–water partition coefficient (Wildman–Crippen LogP) is 5.78. The molecule has 0 fully saturated rings. The molecule has 28 heavy (non-hydrogen) atoms. The van der Waals surface area contributed by atoms with Gasteiger partial charge in [0, 0.05) is 11.1 Å². The van der Waals surface area contributed by atoms with Gasteiger partial charge in [-0.3, -0.25) is 0 Å². The Kier molecular flexibility index (Phi) is 6.82. The maximum absolute atomic E-state index is 10.3. The van der Waals surface area contributed by atoms with Gasteiger partial charge in [0.2, 0.25) is 0 Å². The number of aliphatic hydroxyl groups is 1. The first-order valence-corrected chi connectivity index (χ1v) is 10.3. The number of ether oxygens (including phenoxy) is 1. The van der Waals surface area contributed by atoms with E-state index in [0.29, 0.717) is 6.61 Å². The van der Waals surface area contributed by atoms with Crippen LogP contribution in [0.4, 0.5) is 5.69 Å². The predicted molar refractivity (Wildman–Crippen MR) is 119 cm³/mol. The molecule has 0 spiro atoms. The van der Waals surface area contributed by atoms with Gasteiger partial charge in [-0.1, -0.05) is 58.9 Å².